The Morgan fingerprint density at radius 1 is 1.32 bits per heavy atom. The van der Waals surface area contributed by atoms with Gasteiger partial charge in [0.05, 0.1) is 12.2 Å². The van der Waals surface area contributed by atoms with Crippen molar-refractivity contribution in [2.75, 3.05) is 26.2 Å². The maximum absolute atomic E-state index is 11.8. The molecule has 5 nitrogen and oxygen atoms in total. The quantitative estimate of drug-likeness (QED) is 0.702. The Morgan fingerprint density at radius 3 is 2.79 bits per heavy atom. The number of carbonyl (C=O) groups excluding carboxylic acids is 1. The van der Waals surface area contributed by atoms with Crippen molar-refractivity contribution >= 4 is 5.91 Å². The van der Waals surface area contributed by atoms with E-state index in [4.69, 9.17) is 9.47 Å². The minimum atomic E-state index is -0.236. The normalized spacial score (nSPS) is 28.5. The van der Waals surface area contributed by atoms with Crippen LogP contribution in [0.4, 0.5) is 0 Å². The Kier molecular flexibility index (Phi) is 6.07. The van der Waals surface area contributed by atoms with E-state index in [9.17, 15) is 4.79 Å². The van der Waals surface area contributed by atoms with E-state index in [2.05, 4.69) is 10.6 Å². The topological polar surface area (TPSA) is 59.6 Å². The minimum absolute atomic E-state index is 0.0335. The van der Waals surface area contributed by atoms with Crippen LogP contribution in [-0.2, 0) is 14.3 Å². The van der Waals surface area contributed by atoms with Crippen LogP contribution in [0, 0.1) is 0 Å². The number of piperidine rings is 1. The van der Waals surface area contributed by atoms with E-state index in [0.29, 0.717) is 12.6 Å². The Morgan fingerprint density at radius 2 is 2.11 bits per heavy atom. The predicted octanol–water partition coefficient (Wildman–Crippen LogP) is 0.829. The number of ether oxygens (including phenoxy) is 2. The molecule has 2 atom stereocenters. The number of hydrogen-bond donors (Lipinski definition) is 2. The summed E-state index contributed by atoms with van der Waals surface area (Å²) in [6, 6.07) is 0. The van der Waals surface area contributed by atoms with E-state index < -0.39 is 0 Å². The maximum atomic E-state index is 11.8. The lowest BCUT2D eigenvalue weighted by molar-refractivity contribution is -0.131. The van der Waals surface area contributed by atoms with Crippen LogP contribution in [0.3, 0.4) is 0 Å². The van der Waals surface area contributed by atoms with Gasteiger partial charge in [0.15, 0.2) is 0 Å². The highest BCUT2D eigenvalue weighted by Crippen LogP contribution is 2.18. The van der Waals surface area contributed by atoms with Crippen LogP contribution in [0.2, 0.25) is 0 Å². The zero-order valence-electron chi connectivity index (χ0n) is 11.8. The minimum Gasteiger partial charge on any atom is -0.378 e. The smallest absolute Gasteiger partial charge is 0.249 e. The van der Waals surface area contributed by atoms with Gasteiger partial charge in [0.2, 0.25) is 5.91 Å². The maximum Gasteiger partial charge on any atom is 0.249 e. The van der Waals surface area contributed by atoms with Crippen LogP contribution in [0.25, 0.3) is 0 Å². The van der Waals surface area contributed by atoms with Gasteiger partial charge in [0.25, 0.3) is 0 Å². The fourth-order valence-corrected chi connectivity index (χ4v) is 2.61. The molecule has 2 unspecified atom stereocenters. The average molecular weight is 270 g/mol. The van der Waals surface area contributed by atoms with Gasteiger partial charge in [-0.05, 0) is 52.1 Å². The third kappa shape index (κ3) is 5.09. The lowest BCUT2D eigenvalue weighted by Gasteiger charge is -2.23. The molecule has 2 aliphatic rings. The van der Waals surface area contributed by atoms with Crippen molar-refractivity contribution in [3.8, 4) is 0 Å². The number of amides is 1. The van der Waals surface area contributed by atoms with Crippen LogP contribution < -0.4 is 10.6 Å². The third-order valence-corrected chi connectivity index (χ3v) is 3.78. The standard InChI is InChI=1S/C14H26N2O3/c1-11-3-4-13(19-11)14(17)16-7-2-10-18-12-5-8-15-9-6-12/h11-13,15H,2-10H2,1H3,(H,16,17). The second-order valence-electron chi connectivity index (χ2n) is 5.48. The molecule has 0 spiro atoms. The van der Waals surface area contributed by atoms with Crippen molar-refractivity contribution in [3.05, 3.63) is 0 Å². The third-order valence-electron chi connectivity index (χ3n) is 3.78. The molecule has 2 N–H and O–H groups in total. The fraction of sp³-hybridized carbons (Fsp3) is 0.929. The van der Waals surface area contributed by atoms with Gasteiger partial charge in [-0.1, -0.05) is 0 Å². The molecule has 19 heavy (non-hydrogen) atoms. The van der Waals surface area contributed by atoms with Gasteiger partial charge in [0, 0.05) is 13.2 Å². The van der Waals surface area contributed by atoms with Crippen LogP contribution >= 0.6 is 0 Å². The van der Waals surface area contributed by atoms with Gasteiger partial charge < -0.3 is 20.1 Å². The number of rotatable bonds is 6. The second-order valence-corrected chi connectivity index (χ2v) is 5.48. The largest absolute Gasteiger partial charge is 0.378 e. The van der Waals surface area contributed by atoms with Gasteiger partial charge in [-0.2, -0.15) is 0 Å². The number of nitrogens with one attached hydrogen (secondary N) is 2. The first-order valence-corrected chi connectivity index (χ1v) is 7.51. The first kappa shape index (κ1) is 14.8. The Balaban J connectivity index is 1.48. The monoisotopic (exact) mass is 270 g/mol. The molecule has 2 rings (SSSR count). The van der Waals surface area contributed by atoms with Crippen molar-refractivity contribution in [2.45, 2.75) is 57.3 Å². The van der Waals surface area contributed by atoms with Gasteiger partial charge in [-0.3, -0.25) is 4.79 Å². The number of carbonyl (C=O) groups is 1. The molecule has 2 aliphatic heterocycles. The first-order valence-electron chi connectivity index (χ1n) is 7.51. The molecule has 0 aromatic heterocycles. The van der Waals surface area contributed by atoms with Crippen molar-refractivity contribution in [1.29, 1.82) is 0 Å². The molecular weight excluding hydrogens is 244 g/mol. The van der Waals surface area contributed by atoms with Crippen LogP contribution in [0.1, 0.15) is 39.0 Å². The van der Waals surface area contributed by atoms with Crippen molar-refractivity contribution in [3.63, 3.8) is 0 Å². The number of hydrogen-bond acceptors (Lipinski definition) is 4. The van der Waals surface area contributed by atoms with Crippen LogP contribution in [0.15, 0.2) is 0 Å². The molecule has 5 heteroatoms. The molecule has 110 valence electrons. The molecule has 0 bridgehead atoms. The van der Waals surface area contributed by atoms with Crippen molar-refractivity contribution in [1.82, 2.24) is 10.6 Å². The Hall–Kier alpha value is -0.650. The van der Waals surface area contributed by atoms with Crippen LogP contribution in [0.5, 0.6) is 0 Å². The van der Waals surface area contributed by atoms with Gasteiger partial charge in [-0.25, -0.2) is 0 Å². The molecule has 2 heterocycles. The summed E-state index contributed by atoms with van der Waals surface area (Å²) in [6.45, 7) is 5.53. The van der Waals surface area contributed by atoms with Gasteiger partial charge >= 0.3 is 0 Å². The van der Waals surface area contributed by atoms with Gasteiger partial charge in [0.1, 0.15) is 6.10 Å². The summed E-state index contributed by atoms with van der Waals surface area (Å²) in [5.41, 5.74) is 0. The average Bonchev–Trinajstić information content (AvgIpc) is 2.86. The zero-order valence-corrected chi connectivity index (χ0v) is 11.8. The van der Waals surface area contributed by atoms with Gasteiger partial charge in [-0.15, -0.1) is 0 Å². The van der Waals surface area contributed by atoms with E-state index in [1.54, 1.807) is 0 Å². The first-order chi connectivity index (χ1) is 9.25. The van der Waals surface area contributed by atoms with E-state index >= 15 is 0 Å². The lowest BCUT2D eigenvalue weighted by atomic mass is 10.1. The Bertz CT molecular complexity index is 280. The fourth-order valence-electron chi connectivity index (χ4n) is 2.61. The molecular formula is C14H26N2O3. The summed E-state index contributed by atoms with van der Waals surface area (Å²) < 4.78 is 11.3. The lowest BCUT2D eigenvalue weighted by Crippen LogP contribution is -2.36. The zero-order chi connectivity index (χ0) is 13.5. The summed E-state index contributed by atoms with van der Waals surface area (Å²) in [5.74, 6) is 0.0335. The highest BCUT2D eigenvalue weighted by atomic mass is 16.5. The second kappa shape index (κ2) is 7.82. The molecule has 0 aromatic carbocycles. The summed E-state index contributed by atoms with van der Waals surface area (Å²) in [6.07, 6.45) is 5.28. The molecule has 2 saturated heterocycles. The molecule has 0 radical (unpaired) electrons. The molecule has 0 saturated carbocycles. The van der Waals surface area contributed by atoms with E-state index in [1.165, 1.54) is 0 Å². The molecule has 1 amide bonds. The summed E-state index contributed by atoms with van der Waals surface area (Å²) >= 11 is 0. The van der Waals surface area contributed by atoms with Crippen LogP contribution in [-0.4, -0.2) is 50.5 Å². The highest BCUT2D eigenvalue weighted by molar-refractivity contribution is 5.80. The van der Waals surface area contributed by atoms with E-state index in [1.807, 2.05) is 6.92 Å². The SMILES string of the molecule is CC1CCC(C(=O)NCCCOC2CCNCC2)O1. The van der Waals surface area contributed by atoms with Crippen molar-refractivity contribution < 1.29 is 14.3 Å². The van der Waals surface area contributed by atoms with Crippen molar-refractivity contribution in [2.24, 2.45) is 0 Å². The van der Waals surface area contributed by atoms with E-state index in [0.717, 1.165) is 51.8 Å². The molecule has 0 aliphatic carbocycles. The van der Waals surface area contributed by atoms with E-state index in [-0.39, 0.29) is 18.1 Å². The molecule has 0 aromatic rings. The summed E-state index contributed by atoms with van der Waals surface area (Å²) in [5, 5.41) is 6.24. The molecule has 2 fully saturated rings. The highest BCUT2D eigenvalue weighted by Gasteiger charge is 2.27. The summed E-state index contributed by atoms with van der Waals surface area (Å²) in [7, 11) is 0. The predicted molar refractivity (Wildman–Crippen MR) is 73.0 cm³/mol. The summed E-state index contributed by atoms with van der Waals surface area (Å²) in [4.78, 5) is 11.8. The Labute approximate surface area is 115 Å².